The Labute approximate surface area is 398 Å². The van der Waals surface area contributed by atoms with Crippen LogP contribution >= 0.6 is 31.7 Å². The van der Waals surface area contributed by atoms with Crippen molar-refractivity contribution in [2.24, 2.45) is 0 Å². The maximum absolute atomic E-state index is 9.87. The molecule has 8 aromatic rings. The SMILES string of the molecule is N#COC(OC#N)(P(c1ccccc1)c1ccccc1)P(c1ccccc1)c1ccccc1.[Pd].[Pd].c1ccc(P(CP(c2ccccc2)c2ccccc2)c2ccccc2)cc1. The summed E-state index contributed by atoms with van der Waals surface area (Å²) in [7, 11) is -3.73. The zero-order valence-electron chi connectivity index (χ0n) is 33.4. The van der Waals surface area contributed by atoms with Crippen LogP contribution in [-0.2, 0) is 50.3 Å². The van der Waals surface area contributed by atoms with Crippen molar-refractivity contribution in [3.8, 4) is 12.5 Å². The Kier molecular flexibility index (Phi) is 19.9. The molecule has 0 radical (unpaired) electrons. The van der Waals surface area contributed by atoms with Crippen molar-refractivity contribution in [1.29, 1.82) is 10.5 Å². The predicted octanol–water partition coefficient (Wildman–Crippen LogP) is 10.1. The molecule has 62 heavy (non-hydrogen) atoms. The van der Waals surface area contributed by atoms with Gasteiger partial charge in [-0.3, -0.25) is 0 Å². The van der Waals surface area contributed by atoms with E-state index in [-0.39, 0.29) is 40.8 Å². The Balaban J connectivity index is 0.000000231. The van der Waals surface area contributed by atoms with Gasteiger partial charge in [-0.15, -0.1) is 0 Å². The fourth-order valence-corrected chi connectivity index (χ4v) is 19.8. The van der Waals surface area contributed by atoms with Crippen LogP contribution in [0.5, 0.6) is 0 Å². The van der Waals surface area contributed by atoms with Crippen molar-refractivity contribution >= 4 is 74.1 Å². The van der Waals surface area contributed by atoms with E-state index in [2.05, 4.69) is 121 Å². The molecular formula is C52H42N2O2P4Pd2. The number of hydrogen-bond acceptors (Lipinski definition) is 4. The molecule has 4 nitrogen and oxygen atoms in total. The van der Waals surface area contributed by atoms with Crippen molar-refractivity contribution in [3.05, 3.63) is 243 Å². The smallest absolute Gasteiger partial charge is 0.324 e. The summed E-state index contributed by atoms with van der Waals surface area (Å²) >= 11 is 0. The Morgan fingerprint density at radius 3 is 0.661 bits per heavy atom. The largest absolute Gasteiger partial charge is 0.372 e. The third kappa shape index (κ3) is 12.3. The molecule has 0 aliphatic carbocycles. The van der Waals surface area contributed by atoms with Gasteiger partial charge in [0.2, 0.25) is 0 Å². The molecule has 0 aliphatic heterocycles. The van der Waals surface area contributed by atoms with Crippen LogP contribution in [0, 0.1) is 23.0 Å². The summed E-state index contributed by atoms with van der Waals surface area (Å²) in [5.41, 5.74) is 0. The number of rotatable bonds is 14. The van der Waals surface area contributed by atoms with Crippen molar-refractivity contribution in [2.75, 3.05) is 5.90 Å². The molecule has 10 heteroatoms. The Hall–Kier alpha value is -4.62. The molecule has 0 amide bonds. The average Bonchev–Trinajstić information content (AvgIpc) is 3.32. The molecule has 8 aromatic carbocycles. The first-order valence-electron chi connectivity index (χ1n) is 19.4. The van der Waals surface area contributed by atoms with Crippen molar-refractivity contribution in [1.82, 2.24) is 0 Å². The van der Waals surface area contributed by atoms with E-state index in [1.165, 1.54) is 27.1 Å². The molecule has 0 atom stereocenters. The van der Waals surface area contributed by atoms with E-state index in [1.807, 2.05) is 134 Å². The molecular weight excluding hydrogens is 1020 g/mol. The third-order valence-electron chi connectivity index (χ3n) is 9.53. The first kappa shape index (κ1) is 48.4. The van der Waals surface area contributed by atoms with E-state index >= 15 is 0 Å². The summed E-state index contributed by atoms with van der Waals surface area (Å²) in [5, 5.41) is 27.8. The van der Waals surface area contributed by atoms with Crippen LogP contribution in [0.3, 0.4) is 0 Å². The number of nitriles is 2. The number of nitrogens with zero attached hydrogens (tertiary/aromatic N) is 2. The van der Waals surface area contributed by atoms with Gasteiger partial charge in [-0.05, 0) is 58.3 Å². The average molecular weight is 1060 g/mol. The molecule has 0 fully saturated rings. The van der Waals surface area contributed by atoms with Gasteiger partial charge in [0.1, 0.15) is 0 Å². The molecule has 0 bridgehead atoms. The van der Waals surface area contributed by atoms with Crippen LogP contribution in [0.15, 0.2) is 243 Å². The minimum atomic E-state index is -1.54. The van der Waals surface area contributed by atoms with Gasteiger partial charge >= 0.3 is 5.27 Å². The number of ether oxygens (including phenoxy) is 2. The van der Waals surface area contributed by atoms with Gasteiger partial charge in [-0.1, -0.05) is 243 Å². The van der Waals surface area contributed by atoms with Gasteiger partial charge in [-0.25, -0.2) is 0 Å². The molecule has 0 aromatic heterocycles. The molecule has 8 rings (SSSR count). The molecule has 0 spiro atoms. The minimum Gasteiger partial charge on any atom is -0.372 e. The third-order valence-corrected chi connectivity index (χ3v) is 21.4. The molecule has 312 valence electrons. The standard InChI is InChI=1S/C27H20N2O2P2.C25H22P2.2Pd/c28-21-30-27(31-22-29,32(23-13-5-1-6-14-23)24-15-7-2-8-16-24)33(25-17-9-3-10-18-25)26-19-11-4-12-20-26;1-5-13-22(14-6-1)26(23-15-7-2-8-16-23)21-27(24-17-9-3-10-18-24)25-19-11-4-12-20-25;;/h1-20H;1-20H,21H2;;. The quantitative estimate of drug-likeness (QED) is 0.0471. The fourth-order valence-electron chi connectivity index (χ4n) is 6.88. The summed E-state index contributed by atoms with van der Waals surface area (Å²) in [6.45, 7) is 0. The van der Waals surface area contributed by atoms with Gasteiger partial charge in [0.05, 0.1) is 15.8 Å². The van der Waals surface area contributed by atoms with E-state index in [0.717, 1.165) is 21.2 Å². The second-order valence-electron chi connectivity index (χ2n) is 13.3. The number of hydrogen-bond donors (Lipinski definition) is 0. The maximum atomic E-state index is 9.87. The van der Waals surface area contributed by atoms with Crippen molar-refractivity contribution in [2.45, 2.75) is 5.27 Å². The van der Waals surface area contributed by atoms with Gasteiger partial charge in [0.25, 0.3) is 12.5 Å². The zero-order valence-corrected chi connectivity index (χ0v) is 40.1. The Morgan fingerprint density at radius 2 is 0.484 bits per heavy atom. The van der Waals surface area contributed by atoms with Crippen molar-refractivity contribution in [3.63, 3.8) is 0 Å². The zero-order chi connectivity index (χ0) is 41.2. The van der Waals surface area contributed by atoms with Crippen LogP contribution in [0.25, 0.3) is 0 Å². The van der Waals surface area contributed by atoms with Gasteiger partial charge in [-0.2, -0.15) is 10.5 Å². The second kappa shape index (κ2) is 25.5. The predicted molar refractivity (Wildman–Crippen MR) is 257 cm³/mol. The van der Waals surface area contributed by atoms with Gasteiger partial charge in [0.15, 0.2) is 0 Å². The molecule has 0 heterocycles. The second-order valence-corrected chi connectivity index (χ2v) is 23.1. The summed E-state index contributed by atoms with van der Waals surface area (Å²) in [6.07, 6.45) is 3.78. The van der Waals surface area contributed by atoms with Crippen LogP contribution in [0.4, 0.5) is 0 Å². The van der Waals surface area contributed by atoms with E-state index in [9.17, 15) is 10.5 Å². The van der Waals surface area contributed by atoms with Crippen LogP contribution in [-0.4, -0.2) is 11.2 Å². The monoisotopic (exact) mass is 1060 g/mol. The number of benzene rings is 8. The minimum absolute atomic E-state index is 0. The summed E-state index contributed by atoms with van der Waals surface area (Å²) in [6, 6.07) is 83.5. The van der Waals surface area contributed by atoms with E-state index in [1.54, 1.807) is 0 Å². The maximum Gasteiger partial charge on any atom is 0.324 e. The van der Waals surface area contributed by atoms with Crippen LogP contribution < -0.4 is 42.4 Å². The fraction of sp³-hybridized carbons (Fsp3) is 0.0385. The summed E-state index contributed by atoms with van der Waals surface area (Å²) < 4.78 is 11.9. The topological polar surface area (TPSA) is 66.0 Å². The van der Waals surface area contributed by atoms with E-state index in [4.69, 9.17) is 9.47 Å². The first-order valence-corrected chi connectivity index (χ1v) is 25.2. The van der Waals surface area contributed by atoms with E-state index in [0.29, 0.717) is 0 Å². The van der Waals surface area contributed by atoms with Crippen LogP contribution in [0.1, 0.15) is 0 Å². The van der Waals surface area contributed by atoms with E-state index < -0.39 is 37.0 Å². The molecule has 0 N–H and O–H groups in total. The summed E-state index contributed by atoms with van der Waals surface area (Å²) in [5.74, 6) is 1.17. The Bertz CT molecular complexity index is 2220. The summed E-state index contributed by atoms with van der Waals surface area (Å²) in [4.78, 5) is 0. The first-order chi connectivity index (χ1) is 29.7. The molecule has 0 saturated heterocycles. The normalized spacial score (nSPS) is 10.6. The molecule has 0 unspecified atom stereocenters. The molecule has 0 aliphatic rings. The Morgan fingerprint density at radius 1 is 0.306 bits per heavy atom. The van der Waals surface area contributed by atoms with Crippen molar-refractivity contribution < 1.29 is 50.3 Å². The van der Waals surface area contributed by atoms with Crippen LogP contribution in [0.2, 0.25) is 0 Å². The van der Waals surface area contributed by atoms with Gasteiger partial charge < -0.3 is 9.47 Å². The molecule has 0 saturated carbocycles. The van der Waals surface area contributed by atoms with Gasteiger partial charge in [0, 0.05) is 46.7 Å².